The standard InChI is InChI=1S/C26H35ClF2N6O/c1-15-4-3-5-22(19-10-16(8-9-30-19)26-21(31-12-15)13-33-34(26)2)35-14-32-20(11-23(35)36)24-18(28)7-6-17(27)25(24)29/h6-7,11,14-16,19,21-22,26,30-31,33H,3-5,8-10,12-13H2,1-2H3/t15-,16?,19?,21?,22+,26?/m1/s1. The second-order valence-corrected chi connectivity index (χ2v) is 11.1. The number of hydrazine groups is 1. The Bertz CT molecular complexity index is 1150. The predicted octanol–water partition coefficient (Wildman–Crippen LogP) is 3.35. The number of nitrogens with zero attached hydrogens (tertiary/aromatic N) is 3. The highest BCUT2D eigenvalue weighted by Crippen LogP contribution is 2.34. The number of likely N-dealkylation sites (N-methyl/N-ethyl adjacent to an activating group) is 1. The molecule has 0 amide bonds. The van der Waals surface area contributed by atoms with Gasteiger partial charge in [0.25, 0.3) is 5.56 Å². The molecule has 3 N–H and O–H groups in total. The van der Waals surface area contributed by atoms with E-state index in [9.17, 15) is 13.6 Å². The molecule has 0 radical (unpaired) electrons. The molecule has 10 heteroatoms. The molecule has 36 heavy (non-hydrogen) atoms. The summed E-state index contributed by atoms with van der Waals surface area (Å²) in [6.07, 6.45) is 6.34. The number of aromatic nitrogens is 2. The maximum absolute atomic E-state index is 14.6. The van der Waals surface area contributed by atoms with E-state index in [0.717, 1.165) is 63.9 Å². The monoisotopic (exact) mass is 520 g/mol. The van der Waals surface area contributed by atoms with Gasteiger partial charge in [-0.3, -0.25) is 14.8 Å². The average molecular weight is 521 g/mol. The van der Waals surface area contributed by atoms with Crippen LogP contribution in [0.1, 0.15) is 45.1 Å². The molecule has 0 saturated carbocycles. The Balaban J connectivity index is 1.47. The van der Waals surface area contributed by atoms with Crippen LogP contribution in [0.4, 0.5) is 8.78 Å². The van der Waals surface area contributed by atoms with Crippen LogP contribution < -0.4 is 21.6 Å². The van der Waals surface area contributed by atoms with E-state index in [1.165, 1.54) is 12.4 Å². The molecule has 0 aliphatic carbocycles. The van der Waals surface area contributed by atoms with E-state index in [0.29, 0.717) is 23.9 Å². The number of nitrogens with one attached hydrogen (secondary N) is 3. The topological polar surface area (TPSA) is 74.2 Å². The van der Waals surface area contributed by atoms with Gasteiger partial charge in [-0.15, -0.1) is 0 Å². The number of halogens is 3. The maximum Gasteiger partial charge on any atom is 0.254 e. The number of piperidine rings is 1. The van der Waals surface area contributed by atoms with Gasteiger partial charge in [-0.25, -0.2) is 18.8 Å². The lowest BCUT2D eigenvalue weighted by molar-refractivity contribution is 0.108. The summed E-state index contributed by atoms with van der Waals surface area (Å²) in [4.78, 5) is 17.7. The average Bonchev–Trinajstić information content (AvgIpc) is 3.23. The number of hydrogen-bond donors (Lipinski definition) is 3. The second kappa shape index (κ2) is 10.8. The molecule has 3 saturated heterocycles. The van der Waals surface area contributed by atoms with Gasteiger partial charge in [0.05, 0.1) is 28.6 Å². The number of fused-ring (bicyclic) bond motifs is 4. The van der Waals surface area contributed by atoms with Crippen LogP contribution in [0.25, 0.3) is 11.3 Å². The lowest BCUT2D eigenvalue weighted by Crippen LogP contribution is -2.54. The van der Waals surface area contributed by atoms with Crippen LogP contribution >= 0.6 is 11.6 Å². The van der Waals surface area contributed by atoms with Gasteiger partial charge in [-0.2, -0.15) is 0 Å². The van der Waals surface area contributed by atoms with E-state index in [-0.39, 0.29) is 33.9 Å². The van der Waals surface area contributed by atoms with Crippen molar-refractivity contribution in [3.05, 3.63) is 51.5 Å². The third kappa shape index (κ3) is 5.09. The van der Waals surface area contributed by atoms with Crippen molar-refractivity contribution in [3.8, 4) is 11.3 Å². The van der Waals surface area contributed by atoms with Crippen LogP contribution in [0.3, 0.4) is 0 Å². The van der Waals surface area contributed by atoms with Crippen LogP contribution in [0.5, 0.6) is 0 Å². The number of benzene rings is 1. The Morgan fingerprint density at radius 2 is 1.94 bits per heavy atom. The molecule has 3 aliphatic rings. The number of hydrogen-bond acceptors (Lipinski definition) is 6. The zero-order valence-electron chi connectivity index (χ0n) is 20.8. The van der Waals surface area contributed by atoms with Gasteiger partial charge in [-0.1, -0.05) is 24.9 Å². The summed E-state index contributed by atoms with van der Waals surface area (Å²) in [6, 6.07) is 4.27. The Kier molecular flexibility index (Phi) is 7.74. The van der Waals surface area contributed by atoms with E-state index in [1.54, 1.807) is 4.57 Å². The summed E-state index contributed by atoms with van der Waals surface area (Å²) in [6.45, 7) is 5.05. The normalized spacial score (nSPS) is 31.9. The van der Waals surface area contributed by atoms with Crippen molar-refractivity contribution in [1.82, 2.24) is 30.6 Å². The van der Waals surface area contributed by atoms with E-state index < -0.39 is 11.6 Å². The van der Waals surface area contributed by atoms with Crippen molar-refractivity contribution in [3.63, 3.8) is 0 Å². The minimum atomic E-state index is -0.907. The van der Waals surface area contributed by atoms with E-state index in [1.807, 2.05) is 0 Å². The van der Waals surface area contributed by atoms with Crippen LogP contribution in [0.15, 0.2) is 29.3 Å². The van der Waals surface area contributed by atoms with Gasteiger partial charge in [-0.05, 0) is 62.7 Å². The summed E-state index contributed by atoms with van der Waals surface area (Å²) in [5.74, 6) is -0.703. The Morgan fingerprint density at radius 1 is 1.11 bits per heavy atom. The fourth-order valence-corrected chi connectivity index (χ4v) is 6.54. The Labute approximate surface area is 215 Å². The van der Waals surface area contributed by atoms with Gasteiger partial charge in [0.2, 0.25) is 0 Å². The van der Waals surface area contributed by atoms with Gasteiger partial charge < -0.3 is 10.6 Å². The third-order valence-electron chi connectivity index (χ3n) is 8.26. The zero-order valence-corrected chi connectivity index (χ0v) is 21.6. The second-order valence-electron chi connectivity index (χ2n) is 10.7. The first-order chi connectivity index (χ1) is 17.3. The molecule has 7 nitrogen and oxygen atoms in total. The highest BCUT2D eigenvalue weighted by atomic mass is 35.5. The molecule has 0 spiro atoms. The smallest absolute Gasteiger partial charge is 0.254 e. The first-order valence-corrected chi connectivity index (χ1v) is 13.4. The number of rotatable bonds is 2. The zero-order chi connectivity index (χ0) is 25.4. The van der Waals surface area contributed by atoms with Crippen molar-refractivity contribution in [1.29, 1.82) is 0 Å². The first kappa shape index (κ1) is 25.7. The minimum absolute atomic E-state index is 0.0439. The lowest BCUT2D eigenvalue weighted by atomic mass is 9.80. The highest BCUT2D eigenvalue weighted by Gasteiger charge is 2.41. The molecule has 1 aromatic heterocycles. The van der Waals surface area contributed by atoms with Crippen molar-refractivity contribution >= 4 is 11.6 Å². The van der Waals surface area contributed by atoms with E-state index in [4.69, 9.17) is 11.6 Å². The van der Waals surface area contributed by atoms with Crippen molar-refractivity contribution in [2.75, 3.05) is 26.7 Å². The van der Waals surface area contributed by atoms with Crippen LogP contribution in [0, 0.1) is 23.5 Å². The molecule has 196 valence electrons. The molecule has 4 heterocycles. The maximum atomic E-state index is 14.6. The molecule has 6 atom stereocenters. The lowest BCUT2D eigenvalue weighted by Gasteiger charge is -2.42. The van der Waals surface area contributed by atoms with Gasteiger partial charge >= 0.3 is 0 Å². The quantitative estimate of drug-likeness (QED) is 0.527. The summed E-state index contributed by atoms with van der Waals surface area (Å²) < 4.78 is 30.7. The summed E-state index contributed by atoms with van der Waals surface area (Å²) in [7, 11) is 2.12. The summed E-state index contributed by atoms with van der Waals surface area (Å²) in [5, 5.41) is 9.53. The summed E-state index contributed by atoms with van der Waals surface area (Å²) in [5.41, 5.74) is 2.78. The van der Waals surface area contributed by atoms with Gasteiger partial charge in [0, 0.05) is 37.8 Å². The van der Waals surface area contributed by atoms with Crippen LogP contribution in [-0.2, 0) is 0 Å². The predicted molar refractivity (Wildman–Crippen MR) is 137 cm³/mol. The Morgan fingerprint density at radius 3 is 2.75 bits per heavy atom. The Hall–Kier alpha value is -1.91. The van der Waals surface area contributed by atoms with Crippen LogP contribution in [-0.4, -0.2) is 59.4 Å². The molecule has 1 aromatic carbocycles. The molecule has 3 aliphatic heterocycles. The third-order valence-corrected chi connectivity index (χ3v) is 8.56. The molecular weight excluding hydrogens is 486 g/mol. The fraction of sp³-hybridized carbons (Fsp3) is 0.615. The molecule has 2 bridgehead atoms. The molecule has 2 aromatic rings. The van der Waals surface area contributed by atoms with Crippen LogP contribution in [0.2, 0.25) is 5.02 Å². The molecule has 5 rings (SSSR count). The largest absolute Gasteiger partial charge is 0.312 e. The van der Waals surface area contributed by atoms with Gasteiger partial charge in [0.15, 0.2) is 5.82 Å². The summed E-state index contributed by atoms with van der Waals surface area (Å²) >= 11 is 5.86. The van der Waals surface area contributed by atoms with Crippen molar-refractivity contribution < 1.29 is 8.78 Å². The van der Waals surface area contributed by atoms with Crippen molar-refractivity contribution in [2.45, 2.75) is 63.2 Å². The fourth-order valence-electron chi connectivity index (χ4n) is 6.38. The molecular formula is C26H35ClF2N6O. The van der Waals surface area contributed by atoms with Gasteiger partial charge in [0.1, 0.15) is 5.82 Å². The minimum Gasteiger partial charge on any atom is -0.312 e. The first-order valence-electron chi connectivity index (χ1n) is 13.0. The van der Waals surface area contributed by atoms with Crippen molar-refractivity contribution in [2.24, 2.45) is 11.8 Å². The SMILES string of the molecule is C[C@@H]1CCC[C@H](n2cnc(-c3c(F)ccc(Cl)c3F)cc2=O)C2CC(CCN2)C2C(CNN2C)NC1. The molecule has 3 fully saturated rings. The highest BCUT2D eigenvalue weighted by molar-refractivity contribution is 6.31. The molecule has 4 unspecified atom stereocenters. The van der Waals surface area contributed by atoms with E-state index >= 15 is 0 Å². The van der Waals surface area contributed by atoms with E-state index in [2.05, 4.69) is 40.0 Å².